The Morgan fingerprint density at radius 1 is 1.30 bits per heavy atom. The van der Waals surface area contributed by atoms with E-state index in [9.17, 15) is 9.59 Å². The largest absolute Gasteiger partial charge is 0.352 e. The fraction of sp³-hybridized carbons (Fsp3) is 0.650. The van der Waals surface area contributed by atoms with Gasteiger partial charge in [-0.3, -0.25) is 14.2 Å². The normalized spacial score (nSPS) is 22.1. The van der Waals surface area contributed by atoms with Gasteiger partial charge in [0.05, 0.1) is 11.1 Å². The Morgan fingerprint density at radius 3 is 2.89 bits per heavy atom. The van der Waals surface area contributed by atoms with Crippen LogP contribution >= 0.6 is 23.1 Å². The molecule has 0 aliphatic heterocycles. The van der Waals surface area contributed by atoms with Crippen LogP contribution in [-0.2, 0) is 24.2 Å². The van der Waals surface area contributed by atoms with Crippen molar-refractivity contribution in [1.29, 1.82) is 0 Å². The molecule has 4 rings (SSSR count). The first-order valence-electron chi connectivity index (χ1n) is 10.1. The number of aryl methyl sites for hydroxylation is 2. The van der Waals surface area contributed by atoms with Gasteiger partial charge in [-0.15, -0.1) is 11.3 Å². The van der Waals surface area contributed by atoms with Gasteiger partial charge in [-0.05, 0) is 50.5 Å². The average molecular weight is 406 g/mol. The molecule has 5 nitrogen and oxygen atoms in total. The molecule has 2 aromatic rings. The average Bonchev–Trinajstić information content (AvgIpc) is 3.22. The van der Waals surface area contributed by atoms with Gasteiger partial charge in [-0.1, -0.05) is 31.5 Å². The van der Waals surface area contributed by atoms with E-state index in [0.717, 1.165) is 35.9 Å². The summed E-state index contributed by atoms with van der Waals surface area (Å²) in [5.41, 5.74) is 1.28. The van der Waals surface area contributed by atoms with Crippen LogP contribution in [0, 0.1) is 5.92 Å². The number of carbonyl (C=O) groups excluding carboxylic acids is 1. The molecule has 2 atom stereocenters. The molecule has 1 saturated carbocycles. The van der Waals surface area contributed by atoms with Crippen LogP contribution in [0.2, 0.25) is 0 Å². The topological polar surface area (TPSA) is 64.0 Å². The second-order valence-electron chi connectivity index (χ2n) is 7.71. The van der Waals surface area contributed by atoms with Crippen LogP contribution in [0.15, 0.2) is 9.95 Å². The molecule has 0 unspecified atom stereocenters. The monoisotopic (exact) mass is 405 g/mol. The molecule has 2 heterocycles. The van der Waals surface area contributed by atoms with Gasteiger partial charge >= 0.3 is 0 Å². The van der Waals surface area contributed by atoms with Crippen molar-refractivity contribution in [1.82, 2.24) is 14.9 Å². The molecule has 0 aromatic carbocycles. The molecular weight excluding hydrogens is 378 g/mol. The Bertz CT molecular complexity index is 918. The molecule has 1 N–H and O–H groups in total. The molecule has 1 fully saturated rings. The molecule has 1 amide bonds. The van der Waals surface area contributed by atoms with Gasteiger partial charge in [-0.25, -0.2) is 4.98 Å². The standard InChI is InChI=1S/C20H27N3O2S2/c1-3-23-19(25)17-13-8-6-10-15(13)27-18(17)22-20(23)26-11-16(24)21-14-9-5-4-7-12(14)2/h12,14H,3-11H2,1-2H3,(H,21,24)/t12-,14-/m0/s1. The van der Waals surface area contributed by atoms with Crippen molar-refractivity contribution in [2.75, 3.05) is 5.75 Å². The third-order valence-electron chi connectivity index (χ3n) is 5.90. The van der Waals surface area contributed by atoms with E-state index >= 15 is 0 Å². The zero-order valence-corrected chi connectivity index (χ0v) is 17.7. The second kappa shape index (κ2) is 7.95. The van der Waals surface area contributed by atoms with Crippen molar-refractivity contribution in [3.63, 3.8) is 0 Å². The fourth-order valence-electron chi connectivity index (χ4n) is 4.36. The summed E-state index contributed by atoms with van der Waals surface area (Å²) in [6.07, 6.45) is 7.91. The van der Waals surface area contributed by atoms with Crippen molar-refractivity contribution in [3.8, 4) is 0 Å². The number of thioether (sulfide) groups is 1. The molecule has 27 heavy (non-hydrogen) atoms. The molecule has 2 aliphatic carbocycles. The number of rotatable bonds is 5. The Balaban J connectivity index is 1.51. The summed E-state index contributed by atoms with van der Waals surface area (Å²) in [4.78, 5) is 32.4. The molecule has 0 bridgehead atoms. The smallest absolute Gasteiger partial charge is 0.263 e. The highest BCUT2D eigenvalue weighted by molar-refractivity contribution is 7.99. The maximum absolute atomic E-state index is 13.0. The van der Waals surface area contributed by atoms with E-state index in [-0.39, 0.29) is 17.5 Å². The summed E-state index contributed by atoms with van der Waals surface area (Å²) in [5.74, 6) is 0.903. The predicted octanol–water partition coefficient (Wildman–Crippen LogP) is 3.75. The van der Waals surface area contributed by atoms with Gasteiger partial charge in [0.25, 0.3) is 5.56 Å². The maximum atomic E-state index is 13.0. The van der Waals surface area contributed by atoms with Crippen molar-refractivity contribution < 1.29 is 4.79 Å². The molecule has 2 aromatic heterocycles. The number of aromatic nitrogens is 2. The summed E-state index contributed by atoms with van der Waals surface area (Å²) in [6.45, 7) is 4.77. The van der Waals surface area contributed by atoms with Crippen LogP contribution in [0.1, 0.15) is 56.4 Å². The Morgan fingerprint density at radius 2 is 2.11 bits per heavy atom. The molecule has 0 saturated heterocycles. The minimum Gasteiger partial charge on any atom is -0.352 e. The Hall–Kier alpha value is -1.34. The zero-order valence-electron chi connectivity index (χ0n) is 16.0. The Kier molecular flexibility index (Phi) is 5.60. The highest BCUT2D eigenvalue weighted by Gasteiger charge is 2.25. The lowest BCUT2D eigenvalue weighted by Crippen LogP contribution is -2.41. The molecule has 0 radical (unpaired) electrons. The van der Waals surface area contributed by atoms with Gasteiger partial charge in [0.1, 0.15) is 4.83 Å². The summed E-state index contributed by atoms with van der Waals surface area (Å²) in [6, 6.07) is 0.288. The minimum absolute atomic E-state index is 0.0458. The minimum atomic E-state index is 0.0458. The summed E-state index contributed by atoms with van der Waals surface area (Å²) < 4.78 is 1.73. The zero-order chi connectivity index (χ0) is 19.0. The lowest BCUT2D eigenvalue weighted by Gasteiger charge is -2.29. The number of fused-ring (bicyclic) bond motifs is 3. The van der Waals surface area contributed by atoms with Gasteiger partial charge in [0.2, 0.25) is 5.91 Å². The van der Waals surface area contributed by atoms with Crippen LogP contribution in [0.25, 0.3) is 10.2 Å². The van der Waals surface area contributed by atoms with E-state index in [1.165, 1.54) is 41.5 Å². The Labute approximate surface area is 167 Å². The van der Waals surface area contributed by atoms with Gasteiger partial charge in [0.15, 0.2) is 5.16 Å². The van der Waals surface area contributed by atoms with E-state index in [4.69, 9.17) is 4.98 Å². The number of carbonyl (C=O) groups is 1. The number of hydrogen-bond acceptors (Lipinski definition) is 5. The maximum Gasteiger partial charge on any atom is 0.263 e. The van der Waals surface area contributed by atoms with Crippen molar-refractivity contribution >= 4 is 39.2 Å². The first-order valence-corrected chi connectivity index (χ1v) is 11.9. The van der Waals surface area contributed by atoms with Crippen LogP contribution in [0.5, 0.6) is 0 Å². The first-order chi connectivity index (χ1) is 13.1. The third-order valence-corrected chi connectivity index (χ3v) is 8.06. The summed E-state index contributed by atoms with van der Waals surface area (Å²) in [7, 11) is 0. The van der Waals surface area contributed by atoms with E-state index in [1.807, 2.05) is 6.92 Å². The van der Waals surface area contributed by atoms with E-state index < -0.39 is 0 Å². The van der Waals surface area contributed by atoms with Crippen LogP contribution < -0.4 is 10.9 Å². The van der Waals surface area contributed by atoms with Crippen LogP contribution in [0.4, 0.5) is 0 Å². The second-order valence-corrected chi connectivity index (χ2v) is 9.73. The van der Waals surface area contributed by atoms with Crippen LogP contribution in [-0.4, -0.2) is 27.3 Å². The van der Waals surface area contributed by atoms with Crippen molar-refractivity contribution in [2.45, 2.75) is 76.5 Å². The summed E-state index contributed by atoms with van der Waals surface area (Å²) in [5, 5.41) is 4.67. The molecule has 0 spiro atoms. The SMILES string of the molecule is CCn1c(SCC(=O)N[C@H]2CCCC[C@@H]2C)nc2sc3c(c2c1=O)CCC3. The number of amides is 1. The highest BCUT2D eigenvalue weighted by atomic mass is 32.2. The summed E-state index contributed by atoms with van der Waals surface area (Å²) >= 11 is 3.04. The van der Waals surface area contributed by atoms with E-state index in [1.54, 1.807) is 15.9 Å². The predicted molar refractivity (Wildman–Crippen MR) is 112 cm³/mol. The highest BCUT2D eigenvalue weighted by Crippen LogP contribution is 2.35. The van der Waals surface area contributed by atoms with Gasteiger partial charge in [-0.2, -0.15) is 0 Å². The number of nitrogens with one attached hydrogen (secondary N) is 1. The molecular formula is C20H27N3O2S2. The number of thiophene rings is 1. The fourth-order valence-corrected chi connectivity index (χ4v) is 6.53. The van der Waals surface area contributed by atoms with Crippen molar-refractivity contribution in [3.05, 3.63) is 20.8 Å². The third kappa shape index (κ3) is 3.68. The molecule has 7 heteroatoms. The lowest BCUT2D eigenvalue weighted by molar-refractivity contribution is -0.119. The first kappa shape index (κ1) is 19.0. The van der Waals surface area contributed by atoms with Gasteiger partial charge < -0.3 is 5.32 Å². The quantitative estimate of drug-likeness (QED) is 0.608. The van der Waals surface area contributed by atoms with E-state index in [0.29, 0.717) is 23.4 Å². The van der Waals surface area contributed by atoms with Gasteiger partial charge in [0, 0.05) is 17.5 Å². The molecule has 2 aliphatic rings. The van der Waals surface area contributed by atoms with Crippen molar-refractivity contribution in [2.24, 2.45) is 5.92 Å². The van der Waals surface area contributed by atoms with E-state index in [2.05, 4.69) is 12.2 Å². The lowest BCUT2D eigenvalue weighted by atomic mass is 9.86. The van der Waals surface area contributed by atoms with Crippen LogP contribution in [0.3, 0.4) is 0 Å². The number of nitrogens with zero attached hydrogens (tertiary/aromatic N) is 2. The number of hydrogen-bond donors (Lipinski definition) is 1. The molecule has 146 valence electrons.